The molecule has 6 aromatic rings. The van der Waals surface area contributed by atoms with Crippen LogP contribution < -0.4 is 15.4 Å². The number of rotatable bonds is 2. The van der Waals surface area contributed by atoms with E-state index in [0.717, 1.165) is 69.0 Å². The Hall–Kier alpha value is -4.33. The quantitative estimate of drug-likeness (QED) is 0.264. The molecular weight excluding hydrogens is 488 g/mol. The van der Waals surface area contributed by atoms with E-state index in [4.69, 9.17) is 4.74 Å². The summed E-state index contributed by atoms with van der Waals surface area (Å²) in [7, 11) is 0. The van der Waals surface area contributed by atoms with Gasteiger partial charge in [-0.05, 0) is 35.9 Å². The molecular formula is C29H21ClN4O3. The first-order valence-electron chi connectivity index (χ1n) is 12.0. The standard InChI is InChI=1S/C29H20N4O3.ClH/c34-28-23-21-19-13-17(36-16-6-2-1-3-7-16)9-10-20(19)31-25(21)27-22(24(23)29(35)32-28)18-8-4-5-15-14-30-11-12-33(27)26(15)18;/h1-10,13,30-31H,11-12,14H2,(H,32,34,35);1H. The molecule has 0 radical (unpaired) electrons. The van der Waals surface area contributed by atoms with E-state index in [9.17, 15) is 9.59 Å². The summed E-state index contributed by atoms with van der Waals surface area (Å²) < 4.78 is 8.40. The van der Waals surface area contributed by atoms with Gasteiger partial charge >= 0.3 is 0 Å². The van der Waals surface area contributed by atoms with Gasteiger partial charge in [-0.3, -0.25) is 14.9 Å². The Balaban J connectivity index is 0.00000231. The monoisotopic (exact) mass is 508 g/mol. The number of fused-ring (bicyclic) bond motifs is 10. The number of H-pyrrole nitrogens is 1. The maximum atomic E-state index is 13.2. The number of hydrogen-bond acceptors (Lipinski definition) is 4. The molecule has 3 N–H and O–H groups in total. The fraction of sp³-hybridized carbons (Fsp3) is 0.103. The zero-order valence-corrected chi connectivity index (χ0v) is 20.4. The lowest BCUT2D eigenvalue weighted by Gasteiger charge is -2.08. The van der Waals surface area contributed by atoms with Crippen LogP contribution in [0.1, 0.15) is 26.3 Å². The highest BCUT2D eigenvalue weighted by Gasteiger charge is 2.36. The van der Waals surface area contributed by atoms with Crippen molar-refractivity contribution in [3.8, 4) is 11.5 Å². The van der Waals surface area contributed by atoms with Gasteiger partial charge < -0.3 is 19.6 Å². The number of halogens is 1. The van der Waals surface area contributed by atoms with Gasteiger partial charge in [0.25, 0.3) is 11.8 Å². The second-order valence-corrected chi connectivity index (χ2v) is 9.40. The minimum Gasteiger partial charge on any atom is -0.457 e. The van der Waals surface area contributed by atoms with E-state index in [2.05, 4.69) is 32.3 Å². The number of nitrogens with zero attached hydrogens (tertiary/aromatic N) is 1. The number of carbonyl (C=O) groups excluding carboxylic acids is 2. The summed E-state index contributed by atoms with van der Waals surface area (Å²) >= 11 is 0. The number of ether oxygens (including phenoxy) is 1. The molecule has 37 heavy (non-hydrogen) atoms. The van der Waals surface area contributed by atoms with Crippen molar-refractivity contribution in [2.75, 3.05) is 6.54 Å². The number of para-hydroxylation sites is 2. The van der Waals surface area contributed by atoms with Crippen LogP contribution in [0.15, 0.2) is 66.7 Å². The number of aromatic nitrogens is 2. The number of imide groups is 1. The highest BCUT2D eigenvalue weighted by atomic mass is 35.5. The van der Waals surface area contributed by atoms with Crippen LogP contribution in [0.3, 0.4) is 0 Å². The number of benzene rings is 4. The molecule has 0 bridgehead atoms. The minimum atomic E-state index is -0.358. The topological polar surface area (TPSA) is 88.2 Å². The minimum absolute atomic E-state index is 0. The summed E-state index contributed by atoms with van der Waals surface area (Å²) in [5, 5.41) is 9.51. The third kappa shape index (κ3) is 2.92. The Bertz CT molecular complexity index is 1940. The number of nitrogens with one attached hydrogen (secondary N) is 3. The molecule has 2 aliphatic rings. The van der Waals surface area contributed by atoms with Crippen molar-refractivity contribution in [3.63, 3.8) is 0 Å². The summed E-state index contributed by atoms with van der Waals surface area (Å²) in [5.41, 5.74) is 5.91. The second-order valence-electron chi connectivity index (χ2n) is 9.40. The van der Waals surface area contributed by atoms with Gasteiger partial charge in [-0.2, -0.15) is 0 Å². The van der Waals surface area contributed by atoms with Crippen LogP contribution in [0.25, 0.3) is 43.6 Å². The molecule has 0 aliphatic carbocycles. The van der Waals surface area contributed by atoms with Crippen LogP contribution in [-0.2, 0) is 13.1 Å². The van der Waals surface area contributed by atoms with Gasteiger partial charge in [-0.15, -0.1) is 12.4 Å². The fourth-order valence-corrected chi connectivity index (χ4v) is 6.01. The van der Waals surface area contributed by atoms with Crippen LogP contribution >= 0.6 is 12.4 Å². The predicted molar refractivity (Wildman–Crippen MR) is 146 cm³/mol. The Morgan fingerprint density at radius 1 is 0.784 bits per heavy atom. The third-order valence-electron chi connectivity index (χ3n) is 7.41. The van der Waals surface area contributed by atoms with Crippen molar-refractivity contribution in [2.24, 2.45) is 0 Å². The van der Waals surface area contributed by atoms with Crippen LogP contribution in [0.4, 0.5) is 0 Å². The van der Waals surface area contributed by atoms with E-state index >= 15 is 0 Å². The summed E-state index contributed by atoms with van der Waals surface area (Å²) in [4.78, 5) is 30.0. The van der Waals surface area contributed by atoms with Gasteiger partial charge in [0, 0.05) is 46.7 Å². The Morgan fingerprint density at radius 3 is 2.43 bits per heavy atom. The van der Waals surface area contributed by atoms with E-state index in [0.29, 0.717) is 16.9 Å². The zero-order valence-electron chi connectivity index (χ0n) is 19.6. The van der Waals surface area contributed by atoms with Crippen molar-refractivity contribution in [2.45, 2.75) is 13.1 Å². The van der Waals surface area contributed by atoms with Crippen LogP contribution in [0.2, 0.25) is 0 Å². The van der Waals surface area contributed by atoms with Crippen molar-refractivity contribution in [1.29, 1.82) is 0 Å². The normalized spacial score (nSPS) is 14.7. The van der Waals surface area contributed by atoms with Gasteiger partial charge in [-0.25, -0.2) is 0 Å². The van der Waals surface area contributed by atoms with Crippen LogP contribution in [0.5, 0.6) is 11.5 Å². The molecule has 0 saturated heterocycles. The maximum absolute atomic E-state index is 13.2. The largest absolute Gasteiger partial charge is 0.457 e. The first-order chi connectivity index (χ1) is 17.7. The summed E-state index contributed by atoms with van der Waals surface area (Å²) in [6.45, 7) is 2.34. The highest BCUT2D eigenvalue weighted by Crippen LogP contribution is 2.45. The van der Waals surface area contributed by atoms with E-state index in [1.54, 1.807) is 0 Å². The SMILES string of the molecule is Cl.O=C1NC(=O)c2c1c1c3cc(Oc4ccccc4)ccc3[nH]c1c1c2c2cccc3c2n1CCNC3. The summed E-state index contributed by atoms with van der Waals surface area (Å²) in [5.74, 6) is 0.699. The maximum Gasteiger partial charge on any atom is 0.259 e. The molecule has 7 nitrogen and oxygen atoms in total. The molecule has 2 aromatic heterocycles. The van der Waals surface area contributed by atoms with E-state index in [1.807, 2.05) is 54.6 Å². The van der Waals surface area contributed by atoms with E-state index < -0.39 is 0 Å². The molecule has 2 aliphatic heterocycles. The molecule has 0 spiro atoms. The smallest absolute Gasteiger partial charge is 0.259 e. The summed E-state index contributed by atoms with van der Waals surface area (Å²) in [6, 6.07) is 21.6. The molecule has 8 rings (SSSR count). The molecule has 182 valence electrons. The Labute approximate surface area is 216 Å². The average molecular weight is 509 g/mol. The lowest BCUT2D eigenvalue weighted by atomic mass is 9.96. The molecule has 0 saturated carbocycles. The van der Waals surface area contributed by atoms with E-state index in [-0.39, 0.29) is 24.2 Å². The van der Waals surface area contributed by atoms with Gasteiger partial charge in [0.15, 0.2) is 0 Å². The van der Waals surface area contributed by atoms with E-state index in [1.165, 1.54) is 5.56 Å². The lowest BCUT2D eigenvalue weighted by molar-refractivity contribution is 0.0880. The first kappa shape index (κ1) is 21.9. The number of aromatic amines is 1. The second kappa shape index (κ2) is 7.83. The molecule has 4 aromatic carbocycles. The Morgan fingerprint density at radius 2 is 1.59 bits per heavy atom. The van der Waals surface area contributed by atoms with Crippen molar-refractivity contribution in [1.82, 2.24) is 20.2 Å². The average Bonchev–Trinajstić information content (AvgIpc) is 3.45. The third-order valence-corrected chi connectivity index (χ3v) is 7.41. The van der Waals surface area contributed by atoms with Crippen molar-refractivity contribution < 1.29 is 14.3 Å². The first-order valence-corrected chi connectivity index (χ1v) is 12.0. The highest BCUT2D eigenvalue weighted by molar-refractivity contribution is 6.39. The number of amides is 2. The molecule has 0 atom stereocenters. The van der Waals surface area contributed by atoms with Crippen molar-refractivity contribution in [3.05, 3.63) is 83.4 Å². The predicted octanol–water partition coefficient (Wildman–Crippen LogP) is 5.63. The van der Waals surface area contributed by atoms with Crippen LogP contribution in [0, 0.1) is 0 Å². The Kier molecular flexibility index (Phi) is 4.64. The molecule has 4 heterocycles. The molecule has 8 heteroatoms. The van der Waals surface area contributed by atoms with Gasteiger partial charge in [0.1, 0.15) is 11.5 Å². The number of hydrogen-bond donors (Lipinski definition) is 3. The number of carbonyl (C=O) groups is 2. The van der Waals surface area contributed by atoms with Crippen LogP contribution in [-0.4, -0.2) is 27.9 Å². The molecule has 0 unspecified atom stereocenters. The van der Waals surface area contributed by atoms with Gasteiger partial charge in [0.2, 0.25) is 0 Å². The summed E-state index contributed by atoms with van der Waals surface area (Å²) in [6.07, 6.45) is 0. The van der Waals surface area contributed by atoms with Gasteiger partial charge in [-0.1, -0.05) is 36.4 Å². The van der Waals surface area contributed by atoms with Crippen molar-refractivity contribution >= 4 is 67.8 Å². The van der Waals surface area contributed by atoms with Gasteiger partial charge in [0.05, 0.1) is 27.7 Å². The fourth-order valence-electron chi connectivity index (χ4n) is 6.01. The molecule has 2 amide bonds. The lowest BCUT2D eigenvalue weighted by Crippen LogP contribution is -2.20. The zero-order chi connectivity index (χ0) is 24.0. The molecule has 0 fully saturated rings.